The molecule has 0 spiro atoms. The molecule has 2 aromatic rings. The minimum absolute atomic E-state index is 0.333. The van der Waals surface area contributed by atoms with Crippen LogP contribution in [0.5, 0.6) is 0 Å². The van der Waals surface area contributed by atoms with Crippen LogP contribution in [0.4, 0.5) is 11.7 Å². The van der Waals surface area contributed by atoms with Gasteiger partial charge in [-0.15, -0.1) is 0 Å². The monoisotopic (exact) mass is 287 g/mol. The normalized spacial score (nSPS) is 29.6. The largest absolute Gasteiger partial charge is 0.423 e. The predicted octanol–water partition coefficient (Wildman–Crippen LogP) is 2.54. The Morgan fingerprint density at radius 3 is 3.14 bits per heavy atom. The number of rotatable bonds is 1. The highest BCUT2D eigenvalue weighted by molar-refractivity contribution is 5.78. The van der Waals surface area contributed by atoms with E-state index < -0.39 is 5.60 Å². The van der Waals surface area contributed by atoms with Gasteiger partial charge in [0.2, 0.25) is 0 Å². The molecule has 1 saturated heterocycles. The molecule has 4 rings (SSSR count). The summed E-state index contributed by atoms with van der Waals surface area (Å²) in [4.78, 5) is 6.73. The van der Waals surface area contributed by atoms with Gasteiger partial charge in [-0.25, -0.2) is 0 Å². The molecule has 21 heavy (non-hydrogen) atoms. The smallest absolute Gasteiger partial charge is 0.298 e. The van der Waals surface area contributed by atoms with Gasteiger partial charge in [0.05, 0.1) is 5.60 Å². The molecule has 0 radical (unpaired) electrons. The Balaban J connectivity index is 1.61. The fourth-order valence-corrected chi connectivity index (χ4v) is 3.81. The van der Waals surface area contributed by atoms with Crippen LogP contribution in [0.1, 0.15) is 32.1 Å². The third kappa shape index (κ3) is 2.16. The standard InChI is InChI=1S/C16H21N3O2/c17-12-4-5-13-14(9-12)21-15(18-13)19-8-7-16(20)6-2-1-3-11(16)10-19/h4-5,9,11,20H,1-3,6-8,10,17H2. The van der Waals surface area contributed by atoms with Crippen molar-refractivity contribution in [3.05, 3.63) is 18.2 Å². The molecule has 1 aliphatic heterocycles. The highest BCUT2D eigenvalue weighted by Gasteiger charge is 2.43. The van der Waals surface area contributed by atoms with Gasteiger partial charge in [-0.2, -0.15) is 4.98 Å². The van der Waals surface area contributed by atoms with E-state index in [1.54, 1.807) is 0 Å². The van der Waals surface area contributed by atoms with Crippen molar-refractivity contribution in [1.82, 2.24) is 4.98 Å². The Hall–Kier alpha value is -1.75. The fraction of sp³-hybridized carbons (Fsp3) is 0.562. The number of nitrogens with zero attached hydrogens (tertiary/aromatic N) is 2. The zero-order valence-corrected chi connectivity index (χ0v) is 12.1. The fourth-order valence-electron chi connectivity index (χ4n) is 3.81. The number of nitrogens with two attached hydrogens (primary N) is 1. The zero-order valence-electron chi connectivity index (χ0n) is 12.1. The third-order valence-electron chi connectivity index (χ3n) is 5.10. The number of oxazole rings is 1. The van der Waals surface area contributed by atoms with Crippen molar-refractivity contribution < 1.29 is 9.52 Å². The summed E-state index contributed by atoms with van der Waals surface area (Å²) in [5.41, 5.74) is 7.57. The lowest BCUT2D eigenvalue weighted by Crippen LogP contribution is -2.53. The molecule has 2 atom stereocenters. The molecule has 2 aliphatic rings. The second kappa shape index (κ2) is 4.63. The van der Waals surface area contributed by atoms with Crippen LogP contribution in [0, 0.1) is 5.92 Å². The van der Waals surface area contributed by atoms with Gasteiger partial charge in [-0.1, -0.05) is 12.8 Å². The van der Waals surface area contributed by atoms with Crippen molar-refractivity contribution in [2.75, 3.05) is 23.7 Å². The van der Waals surface area contributed by atoms with Crippen LogP contribution in [0.25, 0.3) is 11.1 Å². The zero-order chi connectivity index (χ0) is 14.4. The SMILES string of the molecule is Nc1ccc2nc(N3CCC4(O)CCCCC4C3)oc2c1. The first kappa shape index (κ1) is 13.0. The van der Waals surface area contributed by atoms with Crippen LogP contribution < -0.4 is 10.6 Å². The van der Waals surface area contributed by atoms with Gasteiger partial charge in [0, 0.05) is 30.8 Å². The Bertz CT molecular complexity index is 669. The van der Waals surface area contributed by atoms with E-state index in [0.29, 0.717) is 17.6 Å². The van der Waals surface area contributed by atoms with Crippen LogP contribution in [0.15, 0.2) is 22.6 Å². The van der Waals surface area contributed by atoms with Gasteiger partial charge >= 0.3 is 0 Å². The lowest BCUT2D eigenvalue weighted by Gasteiger charge is -2.46. The number of aromatic nitrogens is 1. The number of nitrogen functional groups attached to an aromatic ring is 1. The molecule has 2 heterocycles. The number of fused-ring (bicyclic) bond motifs is 2. The lowest BCUT2D eigenvalue weighted by molar-refractivity contribution is -0.0618. The summed E-state index contributed by atoms with van der Waals surface area (Å²) in [7, 11) is 0. The van der Waals surface area contributed by atoms with Crippen LogP contribution in [-0.4, -0.2) is 28.8 Å². The molecule has 112 valence electrons. The van der Waals surface area contributed by atoms with E-state index in [9.17, 15) is 5.11 Å². The Labute approximate surface area is 123 Å². The van der Waals surface area contributed by atoms with Crippen LogP contribution in [0.2, 0.25) is 0 Å². The van der Waals surface area contributed by atoms with Gasteiger partial charge in [-0.3, -0.25) is 0 Å². The molecule has 1 saturated carbocycles. The Kier molecular flexibility index (Phi) is 2.85. The summed E-state index contributed by atoms with van der Waals surface area (Å²) in [6.07, 6.45) is 5.20. The summed E-state index contributed by atoms with van der Waals surface area (Å²) >= 11 is 0. The highest BCUT2D eigenvalue weighted by Crippen LogP contribution is 2.41. The number of benzene rings is 1. The van der Waals surface area contributed by atoms with E-state index in [1.807, 2.05) is 18.2 Å². The Morgan fingerprint density at radius 2 is 2.24 bits per heavy atom. The lowest BCUT2D eigenvalue weighted by atomic mass is 9.71. The average molecular weight is 287 g/mol. The van der Waals surface area contributed by atoms with Gasteiger partial charge in [0.1, 0.15) is 5.52 Å². The molecule has 0 bridgehead atoms. The van der Waals surface area contributed by atoms with Crippen LogP contribution >= 0.6 is 0 Å². The number of anilines is 2. The maximum Gasteiger partial charge on any atom is 0.298 e. The molecular formula is C16H21N3O2. The van der Waals surface area contributed by atoms with Crippen LogP contribution in [-0.2, 0) is 0 Å². The number of hydrogen-bond donors (Lipinski definition) is 2. The first-order valence-corrected chi connectivity index (χ1v) is 7.77. The van der Waals surface area contributed by atoms with Crippen LogP contribution in [0.3, 0.4) is 0 Å². The highest BCUT2D eigenvalue weighted by atomic mass is 16.4. The van der Waals surface area contributed by atoms with E-state index in [1.165, 1.54) is 6.42 Å². The van der Waals surface area contributed by atoms with E-state index in [0.717, 1.165) is 49.9 Å². The molecule has 2 fully saturated rings. The molecule has 1 aliphatic carbocycles. The molecule has 5 heteroatoms. The van der Waals surface area contributed by atoms with Gasteiger partial charge < -0.3 is 20.2 Å². The van der Waals surface area contributed by atoms with Crippen molar-refractivity contribution in [2.24, 2.45) is 5.92 Å². The molecular weight excluding hydrogens is 266 g/mol. The van der Waals surface area contributed by atoms with Gasteiger partial charge in [0.25, 0.3) is 6.01 Å². The van der Waals surface area contributed by atoms with E-state index in [2.05, 4.69) is 9.88 Å². The van der Waals surface area contributed by atoms with Crippen molar-refractivity contribution in [3.63, 3.8) is 0 Å². The summed E-state index contributed by atoms with van der Waals surface area (Å²) in [5.74, 6) is 0.333. The summed E-state index contributed by atoms with van der Waals surface area (Å²) in [6.45, 7) is 1.63. The first-order valence-electron chi connectivity index (χ1n) is 7.77. The molecule has 3 N–H and O–H groups in total. The van der Waals surface area contributed by atoms with E-state index in [4.69, 9.17) is 10.2 Å². The molecule has 1 aromatic carbocycles. The molecule has 5 nitrogen and oxygen atoms in total. The second-order valence-electron chi connectivity index (χ2n) is 6.47. The van der Waals surface area contributed by atoms with Crippen molar-refractivity contribution >= 4 is 22.8 Å². The quantitative estimate of drug-likeness (QED) is 0.788. The number of hydrogen-bond acceptors (Lipinski definition) is 5. The Morgan fingerprint density at radius 1 is 1.33 bits per heavy atom. The predicted molar refractivity (Wildman–Crippen MR) is 82.2 cm³/mol. The molecule has 0 amide bonds. The second-order valence-corrected chi connectivity index (χ2v) is 6.47. The minimum atomic E-state index is -0.467. The number of piperidine rings is 1. The number of aliphatic hydroxyl groups is 1. The maximum atomic E-state index is 10.7. The van der Waals surface area contributed by atoms with E-state index in [-0.39, 0.29) is 0 Å². The summed E-state index contributed by atoms with van der Waals surface area (Å²) in [6, 6.07) is 6.19. The molecule has 1 aromatic heterocycles. The van der Waals surface area contributed by atoms with E-state index >= 15 is 0 Å². The third-order valence-corrected chi connectivity index (χ3v) is 5.10. The minimum Gasteiger partial charge on any atom is -0.423 e. The van der Waals surface area contributed by atoms with Crippen molar-refractivity contribution in [1.29, 1.82) is 0 Å². The van der Waals surface area contributed by atoms with Crippen molar-refractivity contribution in [3.8, 4) is 0 Å². The average Bonchev–Trinajstić information content (AvgIpc) is 2.89. The topological polar surface area (TPSA) is 75.5 Å². The van der Waals surface area contributed by atoms with Gasteiger partial charge in [0.15, 0.2) is 5.58 Å². The van der Waals surface area contributed by atoms with Crippen molar-refractivity contribution in [2.45, 2.75) is 37.7 Å². The first-order chi connectivity index (χ1) is 10.1. The summed E-state index contributed by atoms with van der Waals surface area (Å²) < 4.78 is 5.85. The molecule has 2 unspecified atom stereocenters. The van der Waals surface area contributed by atoms with Gasteiger partial charge in [-0.05, 0) is 31.4 Å². The maximum absolute atomic E-state index is 10.7. The summed E-state index contributed by atoms with van der Waals surface area (Å²) in [5, 5.41) is 10.7.